The molecule has 0 saturated carbocycles. The van der Waals surface area contributed by atoms with Gasteiger partial charge < -0.3 is 15.2 Å². The number of aliphatic hydroxyl groups excluding tert-OH is 1. The normalized spacial score (nSPS) is 19.6. The maximum atomic E-state index is 13.9. The maximum absolute atomic E-state index is 13.9. The summed E-state index contributed by atoms with van der Waals surface area (Å²) in [5.41, 5.74) is 1.17. The third-order valence-electron chi connectivity index (χ3n) is 4.26. The van der Waals surface area contributed by atoms with Crippen LogP contribution >= 0.6 is 0 Å². The summed E-state index contributed by atoms with van der Waals surface area (Å²) in [5.74, 6) is -0.545. The van der Waals surface area contributed by atoms with E-state index in [2.05, 4.69) is 10.3 Å². The number of fused-ring (bicyclic) bond motifs is 1. The lowest BCUT2D eigenvalue weighted by atomic mass is 9.89. The average molecular weight is 330 g/mol. The van der Waals surface area contributed by atoms with Crippen molar-refractivity contribution in [2.45, 2.75) is 31.8 Å². The van der Waals surface area contributed by atoms with Crippen molar-refractivity contribution in [1.82, 2.24) is 5.32 Å². The van der Waals surface area contributed by atoms with Gasteiger partial charge in [-0.1, -0.05) is 12.1 Å². The summed E-state index contributed by atoms with van der Waals surface area (Å²) in [6.07, 6.45) is 6.10. The van der Waals surface area contributed by atoms with Gasteiger partial charge in [0, 0.05) is 30.0 Å². The molecular formula is C18H19FN2O3. The number of benzene rings is 1. The number of dihydropyridines is 1. The summed E-state index contributed by atoms with van der Waals surface area (Å²) in [6, 6.07) is 4.38. The molecule has 1 atom stereocenters. The van der Waals surface area contributed by atoms with E-state index in [1.54, 1.807) is 12.1 Å². The first-order valence-corrected chi connectivity index (χ1v) is 7.87. The summed E-state index contributed by atoms with van der Waals surface area (Å²) >= 11 is 0. The van der Waals surface area contributed by atoms with Gasteiger partial charge in [0.25, 0.3) is 5.91 Å². The number of nitrogens with zero attached hydrogens (tertiary/aromatic N) is 1. The highest BCUT2D eigenvalue weighted by atomic mass is 19.1. The molecule has 3 rings (SSSR count). The van der Waals surface area contributed by atoms with Gasteiger partial charge in [0.1, 0.15) is 17.3 Å². The van der Waals surface area contributed by atoms with Crippen molar-refractivity contribution in [3.05, 3.63) is 52.6 Å². The van der Waals surface area contributed by atoms with Crippen LogP contribution in [-0.2, 0) is 11.3 Å². The zero-order valence-corrected chi connectivity index (χ0v) is 13.4. The van der Waals surface area contributed by atoms with Gasteiger partial charge in [0.2, 0.25) is 0 Å². The Labute approximate surface area is 139 Å². The quantitative estimate of drug-likeness (QED) is 0.892. The Morgan fingerprint density at radius 1 is 1.50 bits per heavy atom. The number of hydrogen-bond acceptors (Lipinski definition) is 4. The summed E-state index contributed by atoms with van der Waals surface area (Å²) in [7, 11) is 1.46. The van der Waals surface area contributed by atoms with Crippen LogP contribution in [0, 0.1) is 5.82 Å². The number of aliphatic hydroxyl groups is 1. The predicted octanol–water partition coefficient (Wildman–Crippen LogP) is 2.83. The SMILES string of the molecule is COc1ccc(CNC(=O)C2=C(O)C3=CCCCC3N=C2)c(F)c1. The number of methoxy groups -OCH3 is 1. The molecule has 5 nitrogen and oxygen atoms in total. The first-order chi connectivity index (χ1) is 11.6. The molecule has 6 heteroatoms. The first kappa shape index (κ1) is 16.2. The van der Waals surface area contributed by atoms with E-state index < -0.39 is 11.7 Å². The van der Waals surface area contributed by atoms with E-state index in [0.717, 1.165) is 19.3 Å². The molecule has 1 amide bonds. The van der Waals surface area contributed by atoms with E-state index in [4.69, 9.17) is 4.74 Å². The lowest BCUT2D eigenvalue weighted by molar-refractivity contribution is -0.117. The lowest BCUT2D eigenvalue weighted by Gasteiger charge is -2.24. The van der Waals surface area contributed by atoms with Crippen LogP contribution in [0.15, 0.2) is 46.2 Å². The number of aliphatic imine (C=N–C) groups is 1. The summed E-state index contributed by atoms with van der Waals surface area (Å²) < 4.78 is 18.8. The number of amides is 1. The third-order valence-corrected chi connectivity index (χ3v) is 4.26. The third kappa shape index (κ3) is 3.18. The van der Waals surface area contributed by atoms with Crippen LogP contribution in [0.1, 0.15) is 24.8 Å². The van der Waals surface area contributed by atoms with Crippen LogP contribution in [0.4, 0.5) is 4.39 Å². The summed E-state index contributed by atoms with van der Waals surface area (Å²) in [5, 5.41) is 12.9. The molecule has 0 fully saturated rings. The van der Waals surface area contributed by atoms with Crippen molar-refractivity contribution in [2.75, 3.05) is 7.11 Å². The van der Waals surface area contributed by atoms with E-state index in [-0.39, 0.29) is 23.9 Å². The van der Waals surface area contributed by atoms with Crippen LogP contribution < -0.4 is 10.1 Å². The molecule has 0 spiro atoms. The Morgan fingerprint density at radius 3 is 3.08 bits per heavy atom. The molecule has 0 saturated heterocycles. The highest BCUT2D eigenvalue weighted by Crippen LogP contribution is 2.30. The van der Waals surface area contributed by atoms with Crippen LogP contribution in [0.5, 0.6) is 5.75 Å². The largest absolute Gasteiger partial charge is 0.507 e. The van der Waals surface area contributed by atoms with Crippen molar-refractivity contribution in [3.8, 4) is 5.75 Å². The number of rotatable bonds is 4. The van der Waals surface area contributed by atoms with Crippen LogP contribution in [-0.4, -0.2) is 30.4 Å². The number of hydrogen-bond donors (Lipinski definition) is 2. The van der Waals surface area contributed by atoms with Crippen LogP contribution in [0.25, 0.3) is 0 Å². The zero-order valence-electron chi connectivity index (χ0n) is 13.4. The number of carbonyl (C=O) groups is 1. The van der Waals surface area contributed by atoms with Crippen molar-refractivity contribution in [3.63, 3.8) is 0 Å². The molecule has 1 aromatic rings. The Balaban J connectivity index is 1.71. The van der Waals surface area contributed by atoms with Gasteiger partial charge in [0.15, 0.2) is 0 Å². The fourth-order valence-electron chi connectivity index (χ4n) is 2.89. The molecule has 0 radical (unpaired) electrons. The van der Waals surface area contributed by atoms with Gasteiger partial charge in [-0.2, -0.15) is 0 Å². The molecule has 0 bridgehead atoms. The molecule has 24 heavy (non-hydrogen) atoms. The van der Waals surface area contributed by atoms with Gasteiger partial charge >= 0.3 is 0 Å². The Hall–Kier alpha value is -2.63. The summed E-state index contributed by atoms with van der Waals surface area (Å²) in [4.78, 5) is 16.6. The van der Waals surface area contributed by atoms with E-state index >= 15 is 0 Å². The van der Waals surface area contributed by atoms with Crippen molar-refractivity contribution in [1.29, 1.82) is 0 Å². The number of ether oxygens (including phenoxy) is 1. The fourth-order valence-corrected chi connectivity index (χ4v) is 2.89. The number of nitrogens with one attached hydrogen (secondary N) is 1. The van der Waals surface area contributed by atoms with Gasteiger partial charge in [0.05, 0.1) is 18.7 Å². The second-order valence-electron chi connectivity index (χ2n) is 5.79. The molecule has 126 valence electrons. The highest BCUT2D eigenvalue weighted by molar-refractivity contribution is 6.13. The molecule has 1 heterocycles. The van der Waals surface area contributed by atoms with E-state index in [1.165, 1.54) is 19.4 Å². The maximum Gasteiger partial charge on any atom is 0.256 e. The first-order valence-electron chi connectivity index (χ1n) is 7.87. The smallest absolute Gasteiger partial charge is 0.256 e. The van der Waals surface area contributed by atoms with Crippen LogP contribution in [0.2, 0.25) is 0 Å². The Bertz CT molecular complexity index is 753. The van der Waals surface area contributed by atoms with Gasteiger partial charge in [-0.25, -0.2) is 4.39 Å². The van der Waals surface area contributed by atoms with Crippen molar-refractivity contribution in [2.24, 2.45) is 4.99 Å². The van der Waals surface area contributed by atoms with Crippen molar-refractivity contribution < 1.29 is 19.0 Å². The van der Waals surface area contributed by atoms with Crippen molar-refractivity contribution >= 4 is 12.1 Å². The van der Waals surface area contributed by atoms with Gasteiger partial charge in [-0.15, -0.1) is 0 Å². The number of allylic oxidation sites excluding steroid dienone is 1. The standard InChI is InChI=1S/C18H19FN2O3/c1-24-12-7-6-11(15(19)8-12)9-21-18(23)14-10-20-16-5-3-2-4-13(16)17(14)22/h4,6-8,10,16,22H,2-3,5,9H2,1H3,(H,21,23). The molecule has 1 aliphatic carbocycles. The molecule has 2 aliphatic rings. The molecule has 1 unspecified atom stereocenters. The monoisotopic (exact) mass is 330 g/mol. The minimum Gasteiger partial charge on any atom is -0.507 e. The molecule has 2 N–H and O–H groups in total. The number of halogens is 1. The summed E-state index contributed by atoms with van der Waals surface area (Å²) in [6.45, 7) is 0.0156. The van der Waals surface area contributed by atoms with Gasteiger partial charge in [-0.3, -0.25) is 9.79 Å². The molecular weight excluding hydrogens is 311 g/mol. The van der Waals surface area contributed by atoms with Gasteiger partial charge in [-0.05, 0) is 25.3 Å². The zero-order chi connectivity index (χ0) is 17.1. The minimum absolute atomic E-state index is 0.0156. The second kappa shape index (κ2) is 6.86. The Morgan fingerprint density at radius 2 is 2.33 bits per heavy atom. The highest BCUT2D eigenvalue weighted by Gasteiger charge is 2.27. The second-order valence-corrected chi connectivity index (χ2v) is 5.79. The van der Waals surface area contributed by atoms with E-state index in [0.29, 0.717) is 16.9 Å². The molecule has 1 aliphatic heterocycles. The fraction of sp³-hybridized carbons (Fsp3) is 0.333. The van der Waals surface area contributed by atoms with E-state index in [1.807, 2.05) is 6.08 Å². The molecule has 1 aromatic carbocycles. The van der Waals surface area contributed by atoms with Crippen LogP contribution in [0.3, 0.4) is 0 Å². The number of carbonyl (C=O) groups excluding carboxylic acids is 1. The average Bonchev–Trinajstić information content (AvgIpc) is 2.61. The Kier molecular flexibility index (Phi) is 4.64. The molecule has 0 aromatic heterocycles. The lowest BCUT2D eigenvalue weighted by Crippen LogP contribution is -2.30. The topological polar surface area (TPSA) is 70.9 Å². The predicted molar refractivity (Wildman–Crippen MR) is 88.7 cm³/mol. The van der Waals surface area contributed by atoms with E-state index in [9.17, 15) is 14.3 Å². The minimum atomic E-state index is -0.476.